The van der Waals surface area contributed by atoms with Crippen molar-refractivity contribution in [2.24, 2.45) is 0 Å². The van der Waals surface area contributed by atoms with Crippen LogP contribution < -0.4 is 10.1 Å². The minimum Gasteiger partial charge on any atom is -0.492 e. The van der Waals surface area contributed by atoms with Crippen LogP contribution in [0.5, 0.6) is 5.75 Å². The van der Waals surface area contributed by atoms with E-state index in [0.717, 1.165) is 25.4 Å². The van der Waals surface area contributed by atoms with Gasteiger partial charge in [-0.1, -0.05) is 56.3 Å². The first-order valence-electron chi connectivity index (χ1n) is 9.23. The molecule has 0 saturated heterocycles. The number of benzene rings is 2. The third-order valence-electron chi connectivity index (χ3n) is 4.28. The van der Waals surface area contributed by atoms with Gasteiger partial charge in [0, 0.05) is 25.6 Å². The molecule has 0 aromatic heterocycles. The lowest BCUT2D eigenvalue weighted by atomic mass is 9.78. The smallest absolute Gasteiger partial charge is 0.414 e. The fraction of sp³-hybridized carbons (Fsp3) is 0.364. The molecule has 0 spiro atoms. The molecule has 29 heavy (non-hydrogen) atoms. The molecule has 7 heteroatoms. The summed E-state index contributed by atoms with van der Waals surface area (Å²) in [5, 5.41) is 18.0. The van der Waals surface area contributed by atoms with Gasteiger partial charge in [0.15, 0.2) is 0 Å². The van der Waals surface area contributed by atoms with Crippen molar-refractivity contribution in [1.82, 2.24) is 5.32 Å². The number of methoxy groups -OCH3 is 1. The van der Waals surface area contributed by atoms with Gasteiger partial charge < -0.3 is 25.0 Å². The van der Waals surface area contributed by atoms with Crippen molar-refractivity contribution < 1.29 is 29.3 Å². The molecule has 0 amide bonds. The Balaban J connectivity index is 0.000000612. The van der Waals surface area contributed by atoms with Gasteiger partial charge in [0.25, 0.3) is 0 Å². The minimum atomic E-state index is -1.82. The van der Waals surface area contributed by atoms with Gasteiger partial charge in [-0.2, -0.15) is 0 Å². The van der Waals surface area contributed by atoms with Gasteiger partial charge in [0.1, 0.15) is 12.4 Å². The third-order valence-corrected chi connectivity index (χ3v) is 4.28. The fourth-order valence-electron chi connectivity index (χ4n) is 2.53. The highest BCUT2D eigenvalue weighted by Gasteiger charge is 2.22. The van der Waals surface area contributed by atoms with Crippen molar-refractivity contribution in [3.63, 3.8) is 0 Å². The molecule has 0 radical (unpaired) electrons. The lowest BCUT2D eigenvalue weighted by Crippen LogP contribution is -2.24. The Morgan fingerprint density at radius 3 is 1.90 bits per heavy atom. The highest BCUT2D eigenvalue weighted by Crippen LogP contribution is 2.32. The van der Waals surface area contributed by atoms with E-state index in [1.165, 1.54) is 11.1 Å². The van der Waals surface area contributed by atoms with Crippen LogP contribution in [0.15, 0.2) is 54.6 Å². The second-order valence-electron chi connectivity index (χ2n) is 6.72. The molecule has 0 aliphatic carbocycles. The highest BCUT2D eigenvalue weighted by atomic mass is 16.5. The summed E-state index contributed by atoms with van der Waals surface area (Å²) < 4.78 is 10.7. The van der Waals surface area contributed by atoms with Crippen LogP contribution in [0.3, 0.4) is 0 Å². The average Bonchev–Trinajstić information content (AvgIpc) is 2.72. The molecule has 158 valence electrons. The second kappa shape index (κ2) is 12.5. The fourth-order valence-corrected chi connectivity index (χ4v) is 2.53. The van der Waals surface area contributed by atoms with E-state index in [9.17, 15) is 0 Å². The van der Waals surface area contributed by atoms with Crippen molar-refractivity contribution >= 4 is 11.9 Å². The monoisotopic (exact) mass is 403 g/mol. The predicted octanol–water partition coefficient (Wildman–Crippen LogP) is 2.78. The third kappa shape index (κ3) is 8.76. The Morgan fingerprint density at radius 2 is 1.38 bits per heavy atom. The number of nitrogens with one attached hydrogen (secondary N) is 1. The summed E-state index contributed by atoms with van der Waals surface area (Å²) in [7, 11) is 1.71. The van der Waals surface area contributed by atoms with Crippen LogP contribution in [-0.4, -0.2) is 55.6 Å². The molecule has 0 aliphatic rings. The second-order valence-corrected chi connectivity index (χ2v) is 6.72. The van der Waals surface area contributed by atoms with E-state index in [0.29, 0.717) is 6.61 Å². The van der Waals surface area contributed by atoms with Gasteiger partial charge in [-0.05, 0) is 23.3 Å². The van der Waals surface area contributed by atoms with E-state index in [2.05, 4.69) is 73.8 Å². The van der Waals surface area contributed by atoms with Crippen LogP contribution in [0.1, 0.15) is 25.0 Å². The van der Waals surface area contributed by atoms with Gasteiger partial charge in [-0.15, -0.1) is 0 Å². The van der Waals surface area contributed by atoms with Crippen molar-refractivity contribution in [3.8, 4) is 5.75 Å². The number of ether oxygens (including phenoxy) is 2. The maximum atomic E-state index is 9.10. The minimum absolute atomic E-state index is 0.0124. The van der Waals surface area contributed by atoms with Crippen LogP contribution >= 0.6 is 0 Å². The van der Waals surface area contributed by atoms with E-state index in [-0.39, 0.29) is 5.41 Å². The Hall–Kier alpha value is -2.90. The van der Waals surface area contributed by atoms with E-state index in [4.69, 9.17) is 29.3 Å². The lowest BCUT2D eigenvalue weighted by Gasteiger charge is -2.26. The summed E-state index contributed by atoms with van der Waals surface area (Å²) in [5.41, 5.74) is 2.59. The SMILES string of the molecule is COCCNCCOc1ccc(C(C)(C)c2ccccc2)cc1.O=C(O)C(=O)O. The first-order valence-corrected chi connectivity index (χ1v) is 9.23. The van der Waals surface area contributed by atoms with Gasteiger partial charge >= 0.3 is 11.9 Å². The van der Waals surface area contributed by atoms with Crippen molar-refractivity contribution in [3.05, 3.63) is 65.7 Å². The Bertz CT molecular complexity index is 732. The molecule has 0 bridgehead atoms. The highest BCUT2D eigenvalue weighted by molar-refractivity contribution is 6.27. The summed E-state index contributed by atoms with van der Waals surface area (Å²) >= 11 is 0. The van der Waals surface area contributed by atoms with Gasteiger partial charge in [0.2, 0.25) is 0 Å². The molecule has 3 N–H and O–H groups in total. The molecule has 0 fully saturated rings. The number of rotatable bonds is 9. The summed E-state index contributed by atoms with van der Waals surface area (Å²) in [5.74, 6) is -2.74. The number of hydrogen-bond acceptors (Lipinski definition) is 5. The number of carbonyl (C=O) groups is 2. The van der Waals surface area contributed by atoms with E-state index in [1.54, 1.807) is 7.11 Å². The van der Waals surface area contributed by atoms with Crippen molar-refractivity contribution in [2.75, 3.05) is 33.4 Å². The molecule has 0 aliphatic heterocycles. The Kier molecular flexibility index (Phi) is 10.4. The lowest BCUT2D eigenvalue weighted by molar-refractivity contribution is -0.159. The van der Waals surface area contributed by atoms with Crippen molar-refractivity contribution in [2.45, 2.75) is 19.3 Å². The van der Waals surface area contributed by atoms with E-state index in [1.807, 2.05) is 0 Å². The Labute approximate surface area is 171 Å². The molecule has 0 saturated carbocycles. The van der Waals surface area contributed by atoms with Gasteiger partial charge in [-0.3, -0.25) is 0 Å². The zero-order valence-electron chi connectivity index (χ0n) is 17.1. The maximum Gasteiger partial charge on any atom is 0.414 e. The first kappa shape index (κ1) is 24.1. The van der Waals surface area contributed by atoms with E-state index < -0.39 is 11.9 Å². The summed E-state index contributed by atoms with van der Waals surface area (Å²) in [6.07, 6.45) is 0. The number of hydrogen-bond donors (Lipinski definition) is 3. The molecule has 2 rings (SSSR count). The molecule has 0 unspecified atom stereocenters. The Morgan fingerprint density at radius 1 is 0.862 bits per heavy atom. The standard InChI is InChI=1S/C20H27NO2.C2H2O4/c1-20(2,17-7-5-4-6-8-17)18-9-11-19(12-10-18)23-16-14-21-13-15-22-3;3-1(4)2(5)6/h4-12,21H,13-16H2,1-3H3;(H,3,4)(H,5,6). The average molecular weight is 403 g/mol. The summed E-state index contributed by atoms with van der Waals surface area (Å²) in [4.78, 5) is 18.2. The maximum absolute atomic E-state index is 9.10. The van der Waals surface area contributed by atoms with Crippen LogP contribution in [0.2, 0.25) is 0 Å². The molecule has 7 nitrogen and oxygen atoms in total. The molecule has 2 aromatic carbocycles. The van der Waals surface area contributed by atoms with Gasteiger partial charge in [0.05, 0.1) is 6.61 Å². The summed E-state index contributed by atoms with van der Waals surface area (Å²) in [6.45, 7) is 7.55. The van der Waals surface area contributed by atoms with Crippen LogP contribution in [0.25, 0.3) is 0 Å². The molecular weight excluding hydrogens is 374 g/mol. The summed E-state index contributed by atoms with van der Waals surface area (Å²) in [6, 6.07) is 19.0. The first-order chi connectivity index (χ1) is 13.8. The number of carboxylic acids is 2. The van der Waals surface area contributed by atoms with Crippen LogP contribution in [-0.2, 0) is 19.7 Å². The quantitative estimate of drug-likeness (QED) is 0.437. The molecular formula is C22H29NO6. The molecule has 2 aromatic rings. The zero-order valence-corrected chi connectivity index (χ0v) is 17.1. The van der Waals surface area contributed by atoms with Crippen LogP contribution in [0.4, 0.5) is 0 Å². The van der Waals surface area contributed by atoms with Crippen molar-refractivity contribution in [1.29, 1.82) is 0 Å². The molecule has 0 atom stereocenters. The number of carboxylic acid groups (broad SMARTS) is 2. The zero-order chi connectivity index (χ0) is 21.7. The predicted molar refractivity (Wildman–Crippen MR) is 111 cm³/mol. The van der Waals surface area contributed by atoms with Crippen LogP contribution in [0, 0.1) is 0 Å². The van der Waals surface area contributed by atoms with E-state index >= 15 is 0 Å². The largest absolute Gasteiger partial charge is 0.492 e. The number of aliphatic carboxylic acids is 2. The topological polar surface area (TPSA) is 105 Å². The molecule has 0 heterocycles. The van der Waals surface area contributed by atoms with Gasteiger partial charge in [-0.25, -0.2) is 9.59 Å². The normalized spacial score (nSPS) is 10.6.